The Kier molecular flexibility index (Phi) is 7.85. The van der Waals surface area contributed by atoms with Gasteiger partial charge in [0.15, 0.2) is 0 Å². The van der Waals surface area contributed by atoms with E-state index in [2.05, 4.69) is 33.1 Å². The van der Waals surface area contributed by atoms with E-state index < -0.39 is 11.7 Å². The van der Waals surface area contributed by atoms with Crippen LogP contribution in [0.4, 0.5) is 4.39 Å². The molecule has 0 aliphatic heterocycles. The van der Waals surface area contributed by atoms with Gasteiger partial charge in [0.05, 0.1) is 37.0 Å². The topological polar surface area (TPSA) is 74.5 Å². The Morgan fingerprint density at radius 1 is 1.16 bits per heavy atom. The SMILES string of the molecule is N#Cc1ccc(C(=O)N/N=C\c2ccc(OCc3ccc(Cl)c(Cl)c3)c(I)c2)c(F)c1. The quantitative estimate of drug-likeness (QED) is 0.227. The van der Waals surface area contributed by atoms with Gasteiger partial charge in [0.1, 0.15) is 18.2 Å². The van der Waals surface area contributed by atoms with Crippen LogP contribution in [0.5, 0.6) is 5.75 Å². The Morgan fingerprint density at radius 3 is 2.65 bits per heavy atom. The highest BCUT2D eigenvalue weighted by atomic mass is 127. The highest BCUT2D eigenvalue weighted by Crippen LogP contribution is 2.25. The summed E-state index contributed by atoms with van der Waals surface area (Å²) < 4.78 is 20.5. The van der Waals surface area contributed by atoms with Gasteiger partial charge in [0.25, 0.3) is 5.91 Å². The minimum absolute atomic E-state index is 0.133. The molecule has 0 aliphatic rings. The number of hydrogen-bond donors (Lipinski definition) is 1. The maximum absolute atomic E-state index is 13.9. The monoisotopic (exact) mass is 567 g/mol. The number of halogens is 4. The van der Waals surface area contributed by atoms with Crippen molar-refractivity contribution in [3.8, 4) is 11.8 Å². The van der Waals surface area contributed by atoms with E-state index in [9.17, 15) is 9.18 Å². The molecule has 1 N–H and O–H groups in total. The van der Waals surface area contributed by atoms with E-state index >= 15 is 0 Å². The summed E-state index contributed by atoms with van der Waals surface area (Å²) in [6.07, 6.45) is 1.43. The molecule has 0 radical (unpaired) electrons. The fraction of sp³-hybridized carbons (Fsp3) is 0.0455. The number of ether oxygens (including phenoxy) is 1. The molecule has 1 amide bonds. The molecular weight excluding hydrogens is 555 g/mol. The van der Waals surface area contributed by atoms with Crippen LogP contribution in [0.15, 0.2) is 59.7 Å². The van der Waals surface area contributed by atoms with E-state index in [1.807, 2.05) is 18.2 Å². The number of benzene rings is 3. The standard InChI is InChI=1S/C22H13Cl2FIN3O2/c23-17-5-2-15(7-18(17)24)12-31-21-6-3-14(9-20(21)26)11-28-29-22(30)16-4-1-13(10-27)8-19(16)25/h1-9,11H,12H2,(H,29,30)/b28-11-. The van der Waals surface area contributed by atoms with E-state index in [-0.39, 0.29) is 11.1 Å². The largest absolute Gasteiger partial charge is 0.488 e. The first-order valence-electron chi connectivity index (χ1n) is 8.76. The summed E-state index contributed by atoms with van der Waals surface area (Å²) in [6.45, 7) is 0.326. The van der Waals surface area contributed by atoms with Crippen LogP contribution in [-0.2, 0) is 6.61 Å². The maximum atomic E-state index is 13.9. The van der Waals surface area contributed by atoms with E-state index in [0.717, 1.165) is 15.2 Å². The lowest BCUT2D eigenvalue weighted by Gasteiger charge is -2.09. The molecule has 31 heavy (non-hydrogen) atoms. The molecule has 0 spiro atoms. The molecule has 9 heteroatoms. The first-order valence-corrected chi connectivity index (χ1v) is 10.6. The zero-order chi connectivity index (χ0) is 22.4. The predicted octanol–water partition coefficient (Wildman–Crippen LogP) is 5.95. The number of hydrogen-bond acceptors (Lipinski definition) is 4. The Labute approximate surface area is 201 Å². The van der Waals surface area contributed by atoms with Crippen LogP contribution >= 0.6 is 45.8 Å². The minimum atomic E-state index is -0.787. The Morgan fingerprint density at radius 2 is 1.97 bits per heavy atom. The van der Waals surface area contributed by atoms with Gasteiger partial charge in [0, 0.05) is 0 Å². The van der Waals surface area contributed by atoms with Crippen molar-refractivity contribution in [3.63, 3.8) is 0 Å². The van der Waals surface area contributed by atoms with Crippen LogP contribution in [0.1, 0.15) is 27.0 Å². The Balaban J connectivity index is 1.60. The zero-order valence-electron chi connectivity index (χ0n) is 15.7. The van der Waals surface area contributed by atoms with Gasteiger partial charge >= 0.3 is 0 Å². The normalized spacial score (nSPS) is 10.7. The average molecular weight is 568 g/mol. The van der Waals surface area contributed by atoms with Crippen molar-refractivity contribution in [2.75, 3.05) is 0 Å². The number of nitrogens with zero attached hydrogens (tertiary/aromatic N) is 2. The van der Waals surface area contributed by atoms with E-state index in [0.29, 0.717) is 28.0 Å². The van der Waals surface area contributed by atoms with Gasteiger partial charge in [-0.15, -0.1) is 0 Å². The van der Waals surface area contributed by atoms with Crippen molar-refractivity contribution in [2.24, 2.45) is 5.10 Å². The second-order valence-electron chi connectivity index (χ2n) is 6.23. The number of carbonyl (C=O) groups is 1. The highest BCUT2D eigenvalue weighted by molar-refractivity contribution is 14.1. The first-order chi connectivity index (χ1) is 14.9. The molecule has 0 fully saturated rings. The molecule has 0 bridgehead atoms. The van der Waals surface area contributed by atoms with Crippen molar-refractivity contribution in [3.05, 3.63) is 96.3 Å². The van der Waals surface area contributed by atoms with Gasteiger partial charge in [0.2, 0.25) is 0 Å². The molecule has 0 saturated heterocycles. The Hall–Kier alpha value is -2.67. The lowest BCUT2D eigenvalue weighted by Crippen LogP contribution is -2.19. The van der Waals surface area contributed by atoms with Crippen molar-refractivity contribution >= 4 is 57.9 Å². The smallest absolute Gasteiger partial charge is 0.274 e. The fourth-order valence-corrected chi connectivity index (χ4v) is 3.52. The molecule has 0 aliphatic carbocycles. The summed E-state index contributed by atoms with van der Waals surface area (Å²) in [4.78, 5) is 12.1. The predicted molar refractivity (Wildman–Crippen MR) is 126 cm³/mol. The molecule has 0 atom stereocenters. The highest BCUT2D eigenvalue weighted by Gasteiger charge is 2.11. The maximum Gasteiger partial charge on any atom is 0.274 e. The molecule has 0 unspecified atom stereocenters. The summed E-state index contributed by atoms with van der Waals surface area (Å²) in [5.41, 5.74) is 3.80. The van der Waals surface area contributed by atoms with Gasteiger partial charge in [-0.2, -0.15) is 10.4 Å². The molecule has 3 rings (SSSR count). The van der Waals surface area contributed by atoms with Crippen LogP contribution in [0.2, 0.25) is 10.0 Å². The number of amides is 1. The van der Waals surface area contributed by atoms with Gasteiger partial charge < -0.3 is 4.74 Å². The van der Waals surface area contributed by atoms with Gasteiger partial charge in [-0.25, -0.2) is 9.82 Å². The third kappa shape index (κ3) is 6.17. The lowest BCUT2D eigenvalue weighted by atomic mass is 10.1. The number of nitrogens with one attached hydrogen (secondary N) is 1. The van der Waals surface area contributed by atoms with E-state index in [4.69, 9.17) is 33.2 Å². The Bertz CT molecular complexity index is 1210. The zero-order valence-corrected chi connectivity index (χ0v) is 19.4. The van der Waals surface area contributed by atoms with Crippen molar-refractivity contribution in [1.29, 1.82) is 5.26 Å². The number of hydrazone groups is 1. The molecular formula is C22H13Cl2FIN3O2. The molecule has 3 aromatic rings. The molecule has 0 aromatic heterocycles. The minimum Gasteiger partial charge on any atom is -0.488 e. The van der Waals surface area contributed by atoms with Crippen LogP contribution < -0.4 is 10.2 Å². The number of rotatable bonds is 6. The van der Waals surface area contributed by atoms with E-state index in [1.165, 1.54) is 18.3 Å². The van der Waals surface area contributed by atoms with Crippen LogP contribution in [-0.4, -0.2) is 12.1 Å². The fourth-order valence-electron chi connectivity index (χ4n) is 2.50. The van der Waals surface area contributed by atoms with Crippen LogP contribution in [0, 0.1) is 20.7 Å². The second kappa shape index (κ2) is 10.6. The second-order valence-corrected chi connectivity index (χ2v) is 8.21. The van der Waals surface area contributed by atoms with Crippen LogP contribution in [0.3, 0.4) is 0 Å². The van der Waals surface area contributed by atoms with Gasteiger partial charge in [-0.3, -0.25) is 4.79 Å². The summed E-state index contributed by atoms with van der Waals surface area (Å²) >= 11 is 14.1. The summed E-state index contributed by atoms with van der Waals surface area (Å²) in [5, 5.41) is 13.6. The van der Waals surface area contributed by atoms with Crippen molar-refractivity contribution in [1.82, 2.24) is 5.43 Å². The number of nitriles is 1. The first kappa shape index (κ1) is 23.0. The van der Waals surface area contributed by atoms with Crippen molar-refractivity contribution < 1.29 is 13.9 Å². The number of carbonyl (C=O) groups excluding carboxylic acids is 1. The van der Waals surface area contributed by atoms with Crippen molar-refractivity contribution in [2.45, 2.75) is 6.61 Å². The third-order valence-corrected chi connectivity index (χ3v) is 5.64. The molecule has 156 valence electrons. The summed E-state index contributed by atoms with van der Waals surface area (Å²) in [6, 6.07) is 16.1. The van der Waals surface area contributed by atoms with Gasteiger partial charge in [-0.05, 0) is 82.2 Å². The van der Waals surface area contributed by atoms with E-state index in [1.54, 1.807) is 24.3 Å². The molecule has 5 nitrogen and oxygen atoms in total. The van der Waals surface area contributed by atoms with Gasteiger partial charge in [-0.1, -0.05) is 29.3 Å². The molecule has 0 heterocycles. The summed E-state index contributed by atoms with van der Waals surface area (Å²) in [5.74, 6) is -0.827. The summed E-state index contributed by atoms with van der Waals surface area (Å²) in [7, 11) is 0. The van der Waals surface area contributed by atoms with Crippen LogP contribution in [0.25, 0.3) is 0 Å². The third-order valence-electron chi connectivity index (χ3n) is 4.06. The molecule has 0 saturated carbocycles. The average Bonchev–Trinajstić information content (AvgIpc) is 2.75. The lowest BCUT2D eigenvalue weighted by molar-refractivity contribution is 0.0951. The molecule has 3 aromatic carbocycles.